The summed E-state index contributed by atoms with van der Waals surface area (Å²) < 4.78 is 28.7. The van der Waals surface area contributed by atoms with Crippen molar-refractivity contribution >= 4 is 11.9 Å². The third kappa shape index (κ3) is 8.33. The van der Waals surface area contributed by atoms with Crippen LogP contribution < -0.4 is 0 Å². The van der Waals surface area contributed by atoms with Crippen LogP contribution in [0, 0.1) is 0 Å². The zero-order chi connectivity index (χ0) is 19.5. The number of nitrogens with zero attached hydrogens (tertiary/aromatic N) is 3. The van der Waals surface area contributed by atoms with Crippen molar-refractivity contribution in [1.29, 1.82) is 0 Å². The molecule has 1 heterocycles. The first-order valence-electron chi connectivity index (χ1n) is 8.66. The number of carbonyl (C=O) groups is 2. The Morgan fingerprint density at radius 2 is 2.00 bits per heavy atom. The molecule has 0 aliphatic heterocycles. The van der Waals surface area contributed by atoms with Crippen LogP contribution >= 0.6 is 0 Å². The highest BCUT2D eigenvalue weighted by atomic mass is 19.3. The Labute approximate surface area is 153 Å². The second kappa shape index (κ2) is 11.5. The summed E-state index contributed by atoms with van der Waals surface area (Å²) in [5, 5.41) is 0. The van der Waals surface area contributed by atoms with E-state index in [4.69, 9.17) is 0 Å². The predicted molar refractivity (Wildman–Crippen MR) is 94.3 cm³/mol. The highest BCUT2D eigenvalue weighted by Gasteiger charge is 2.14. The number of likely N-dealkylation sites (N-methyl/N-ethyl adjacent to an activating group) is 2. The number of pyridine rings is 1. The first-order valence-corrected chi connectivity index (χ1v) is 8.66. The van der Waals surface area contributed by atoms with Crippen LogP contribution in [0.2, 0.25) is 0 Å². The number of aryl methyl sites for hydroxylation is 1. The smallest absolute Gasteiger partial charge is 0.338 e. The number of hydrogen-bond donors (Lipinski definition) is 0. The molecule has 26 heavy (non-hydrogen) atoms. The first kappa shape index (κ1) is 22.0. The summed E-state index contributed by atoms with van der Waals surface area (Å²) in [6, 6.07) is 2.93. The average Bonchev–Trinajstić information content (AvgIpc) is 2.60. The molecule has 6 nitrogen and oxygen atoms in total. The van der Waals surface area contributed by atoms with E-state index in [1.165, 1.54) is 18.3 Å². The molecule has 1 aromatic heterocycles. The standard InChI is InChI=1S/C18H27F2N3O3/c1-4-23(11-10-22(2)3)17(24)7-5-6-15-12-14(8-9-21-15)18(25)26-13-16(19)20/h8-9,12,16H,4-7,10-11,13H2,1-3H3. The number of halogens is 2. The molecule has 1 rings (SSSR count). The summed E-state index contributed by atoms with van der Waals surface area (Å²) in [5.41, 5.74) is 0.809. The van der Waals surface area contributed by atoms with Crippen molar-refractivity contribution < 1.29 is 23.1 Å². The molecular weight excluding hydrogens is 344 g/mol. The summed E-state index contributed by atoms with van der Waals surface area (Å²) in [4.78, 5) is 31.9. The Morgan fingerprint density at radius 3 is 2.62 bits per heavy atom. The zero-order valence-electron chi connectivity index (χ0n) is 15.6. The largest absolute Gasteiger partial charge is 0.456 e. The van der Waals surface area contributed by atoms with Gasteiger partial charge in [0.25, 0.3) is 6.43 Å². The van der Waals surface area contributed by atoms with E-state index in [0.29, 0.717) is 38.0 Å². The topological polar surface area (TPSA) is 62.7 Å². The van der Waals surface area contributed by atoms with Gasteiger partial charge in [0.05, 0.1) is 5.56 Å². The molecule has 1 amide bonds. The Kier molecular flexibility index (Phi) is 9.72. The molecule has 0 saturated carbocycles. The third-order valence-electron chi connectivity index (χ3n) is 3.77. The van der Waals surface area contributed by atoms with Crippen LogP contribution in [0.3, 0.4) is 0 Å². The quantitative estimate of drug-likeness (QED) is 0.558. The molecule has 0 bridgehead atoms. The summed E-state index contributed by atoms with van der Waals surface area (Å²) in [5.74, 6) is -0.715. The van der Waals surface area contributed by atoms with Gasteiger partial charge in [-0.2, -0.15) is 0 Å². The second-order valence-corrected chi connectivity index (χ2v) is 6.16. The fraction of sp³-hybridized carbons (Fsp3) is 0.611. The molecule has 0 aromatic carbocycles. The van der Waals surface area contributed by atoms with E-state index >= 15 is 0 Å². The lowest BCUT2D eigenvalue weighted by molar-refractivity contribution is -0.131. The fourth-order valence-electron chi connectivity index (χ4n) is 2.32. The van der Waals surface area contributed by atoms with Crippen LogP contribution in [0.1, 0.15) is 35.8 Å². The number of carbonyl (C=O) groups excluding carboxylic acids is 2. The Morgan fingerprint density at radius 1 is 1.27 bits per heavy atom. The van der Waals surface area contributed by atoms with Gasteiger partial charge in [-0.15, -0.1) is 0 Å². The molecule has 0 spiro atoms. The van der Waals surface area contributed by atoms with Gasteiger partial charge in [-0.25, -0.2) is 13.6 Å². The highest BCUT2D eigenvalue weighted by molar-refractivity contribution is 5.89. The maximum Gasteiger partial charge on any atom is 0.338 e. The van der Waals surface area contributed by atoms with Crippen LogP contribution in [-0.2, 0) is 16.0 Å². The Hall–Kier alpha value is -2.09. The van der Waals surface area contributed by atoms with Crippen molar-refractivity contribution in [2.45, 2.75) is 32.6 Å². The number of esters is 1. The number of hydrogen-bond acceptors (Lipinski definition) is 5. The van der Waals surface area contributed by atoms with Gasteiger partial charge in [0, 0.05) is 37.9 Å². The average molecular weight is 371 g/mol. The summed E-state index contributed by atoms with van der Waals surface area (Å²) in [6.45, 7) is 3.18. The normalized spacial score (nSPS) is 11.0. The van der Waals surface area contributed by atoms with E-state index in [1.807, 2.05) is 30.8 Å². The molecule has 0 aliphatic rings. The number of alkyl halides is 2. The molecule has 0 radical (unpaired) electrons. The van der Waals surface area contributed by atoms with Crippen molar-refractivity contribution in [1.82, 2.24) is 14.8 Å². The Bertz CT molecular complexity index is 583. The van der Waals surface area contributed by atoms with Crippen LogP contribution in [0.4, 0.5) is 8.78 Å². The van der Waals surface area contributed by atoms with Crippen LogP contribution in [0.15, 0.2) is 18.3 Å². The van der Waals surface area contributed by atoms with Crippen LogP contribution in [0.25, 0.3) is 0 Å². The Balaban J connectivity index is 2.48. The van der Waals surface area contributed by atoms with E-state index in [1.54, 1.807) is 0 Å². The van der Waals surface area contributed by atoms with Gasteiger partial charge in [-0.05, 0) is 46.0 Å². The molecule has 0 fully saturated rings. The van der Waals surface area contributed by atoms with Crippen molar-refractivity contribution in [3.05, 3.63) is 29.6 Å². The van der Waals surface area contributed by atoms with Crippen LogP contribution in [0.5, 0.6) is 0 Å². The molecule has 146 valence electrons. The van der Waals surface area contributed by atoms with Gasteiger partial charge >= 0.3 is 5.97 Å². The summed E-state index contributed by atoms with van der Waals surface area (Å²) in [7, 11) is 3.92. The van der Waals surface area contributed by atoms with Crippen molar-refractivity contribution in [2.24, 2.45) is 0 Å². The molecule has 0 aliphatic carbocycles. The van der Waals surface area contributed by atoms with Crippen molar-refractivity contribution in [3.63, 3.8) is 0 Å². The zero-order valence-corrected chi connectivity index (χ0v) is 15.6. The second-order valence-electron chi connectivity index (χ2n) is 6.16. The van der Waals surface area contributed by atoms with Crippen molar-refractivity contribution in [2.75, 3.05) is 40.3 Å². The molecule has 0 unspecified atom stereocenters. The van der Waals surface area contributed by atoms with E-state index in [2.05, 4.69) is 9.72 Å². The van der Waals surface area contributed by atoms with E-state index in [9.17, 15) is 18.4 Å². The van der Waals surface area contributed by atoms with E-state index in [-0.39, 0.29) is 11.5 Å². The van der Waals surface area contributed by atoms with E-state index < -0.39 is 19.0 Å². The van der Waals surface area contributed by atoms with Gasteiger partial charge in [-0.3, -0.25) is 9.78 Å². The maximum atomic E-state index is 12.2. The lowest BCUT2D eigenvalue weighted by atomic mass is 10.1. The lowest BCUT2D eigenvalue weighted by Crippen LogP contribution is -2.36. The minimum atomic E-state index is -2.69. The fourth-order valence-corrected chi connectivity index (χ4v) is 2.32. The monoisotopic (exact) mass is 371 g/mol. The third-order valence-corrected chi connectivity index (χ3v) is 3.77. The SMILES string of the molecule is CCN(CCN(C)C)C(=O)CCCc1cc(C(=O)OCC(F)F)ccn1. The minimum Gasteiger partial charge on any atom is -0.456 e. The summed E-state index contributed by atoms with van der Waals surface area (Å²) >= 11 is 0. The van der Waals surface area contributed by atoms with Gasteiger partial charge in [0.2, 0.25) is 5.91 Å². The highest BCUT2D eigenvalue weighted by Crippen LogP contribution is 2.09. The van der Waals surface area contributed by atoms with Gasteiger partial charge in [0.15, 0.2) is 6.61 Å². The van der Waals surface area contributed by atoms with Crippen molar-refractivity contribution in [3.8, 4) is 0 Å². The van der Waals surface area contributed by atoms with Gasteiger partial charge in [-0.1, -0.05) is 0 Å². The molecule has 1 aromatic rings. The van der Waals surface area contributed by atoms with Gasteiger partial charge in [0.1, 0.15) is 0 Å². The lowest BCUT2D eigenvalue weighted by Gasteiger charge is -2.22. The number of rotatable bonds is 11. The van der Waals surface area contributed by atoms with E-state index in [0.717, 1.165) is 6.54 Å². The number of amides is 1. The first-order chi connectivity index (χ1) is 12.3. The van der Waals surface area contributed by atoms with Gasteiger partial charge < -0.3 is 14.5 Å². The molecular formula is C18H27F2N3O3. The number of ether oxygens (including phenoxy) is 1. The number of aromatic nitrogens is 1. The van der Waals surface area contributed by atoms with Crippen LogP contribution in [-0.4, -0.2) is 73.4 Å². The molecule has 8 heteroatoms. The minimum absolute atomic E-state index is 0.0850. The maximum absolute atomic E-state index is 12.2. The molecule has 0 atom stereocenters. The molecule has 0 N–H and O–H groups in total. The summed E-state index contributed by atoms with van der Waals surface area (Å²) in [6.07, 6.45) is 0.252. The predicted octanol–water partition coefficient (Wildman–Crippen LogP) is 2.24. The molecule has 0 saturated heterocycles.